The van der Waals surface area contributed by atoms with Crippen LogP contribution in [0.1, 0.15) is 22.3 Å². The van der Waals surface area contributed by atoms with E-state index in [1.165, 1.54) is 22.3 Å². The molecule has 0 aliphatic carbocycles. The summed E-state index contributed by atoms with van der Waals surface area (Å²) in [4.78, 5) is 0. The van der Waals surface area contributed by atoms with Crippen LogP contribution >= 0.6 is 0 Å². The quantitative estimate of drug-likeness (QED) is 0.366. The van der Waals surface area contributed by atoms with E-state index in [0.29, 0.717) is 0 Å². The Hall–Kier alpha value is -2.90. The third kappa shape index (κ3) is 1.92. The van der Waals surface area contributed by atoms with Crippen molar-refractivity contribution in [1.82, 2.24) is 0 Å². The summed E-state index contributed by atoms with van der Waals surface area (Å²) in [5, 5.41) is 6.35. The van der Waals surface area contributed by atoms with Crippen molar-refractivity contribution in [1.29, 1.82) is 0 Å². The van der Waals surface area contributed by atoms with Crippen molar-refractivity contribution >= 4 is 28.8 Å². The van der Waals surface area contributed by atoms with Crippen LogP contribution in [0.3, 0.4) is 0 Å². The standard InChI is InChI=1S/C26H20Si/c1-5-13-23-19(9-1)17-20-10-2-6-14-24(20)27(23)25-15-7-3-11-21(25)18-22-12-4-8-16-26(22)27/h1-16H,17-18H2. The first-order chi connectivity index (χ1) is 13.4. The van der Waals surface area contributed by atoms with Crippen LogP contribution in [0.2, 0.25) is 0 Å². The van der Waals surface area contributed by atoms with Crippen LogP contribution in [0.25, 0.3) is 0 Å². The van der Waals surface area contributed by atoms with E-state index in [2.05, 4.69) is 97.1 Å². The molecule has 0 radical (unpaired) electrons. The van der Waals surface area contributed by atoms with Gasteiger partial charge in [0.25, 0.3) is 0 Å². The summed E-state index contributed by atoms with van der Waals surface area (Å²) in [6.07, 6.45) is 2.09. The monoisotopic (exact) mass is 360 g/mol. The van der Waals surface area contributed by atoms with Crippen LogP contribution in [0.15, 0.2) is 97.1 Å². The first kappa shape index (κ1) is 15.2. The van der Waals surface area contributed by atoms with E-state index in [1.54, 1.807) is 20.7 Å². The molecule has 27 heavy (non-hydrogen) atoms. The second-order valence-electron chi connectivity index (χ2n) is 7.73. The third-order valence-corrected chi connectivity index (χ3v) is 11.6. The summed E-state index contributed by atoms with van der Waals surface area (Å²) >= 11 is 0. The molecule has 0 amide bonds. The lowest BCUT2D eigenvalue weighted by Crippen LogP contribution is -2.79. The van der Waals surface area contributed by atoms with E-state index in [-0.39, 0.29) is 0 Å². The van der Waals surface area contributed by atoms with Gasteiger partial charge >= 0.3 is 0 Å². The first-order valence-electron chi connectivity index (χ1n) is 9.72. The summed E-state index contributed by atoms with van der Waals surface area (Å²) in [7, 11) is -2.25. The van der Waals surface area contributed by atoms with Crippen molar-refractivity contribution in [3.05, 3.63) is 119 Å². The van der Waals surface area contributed by atoms with Crippen molar-refractivity contribution in [3.8, 4) is 0 Å². The summed E-state index contributed by atoms with van der Waals surface area (Å²) < 4.78 is 0. The van der Waals surface area contributed by atoms with Gasteiger partial charge in [0.05, 0.1) is 0 Å². The normalized spacial score (nSPS) is 15.4. The highest BCUT2D eigenvalue weighted by Gasteiger charge is 2.49. The zero-order chi connectivity index (χ0) is 17.8. The number of rotatable bonds is 0. The van der Waals surface area contributed by atoms with Crippen LogP contribution in [-0.4, -0.2) is 8.07 Å². The average molecular weight is 361 g/mol. The minimum atomic E-state index is -2.25. The maximum absolute atomic E-state index is 2.41. The fraction of sp³-hybridized carbons (Fsp3) is 0.0769. The largest absolute Gasteiger partial charge is 0.180 e. The van der Waals surface area contributed by atoms with Crippen molar-refractivity contribution < 1.29 is 0 Å². The number of fused-ring (bicyclic) bond motifs is 8. The number of hydrogen-bond acceptors (Lipinski definition) is 0. The van der Waals surface area contributed by atoms with Gasteiger partial charge < -0.3 is 0 Å². The molecule has 0 saturated carbocycles. The summed E-state index contributed by atoms with van der Waals surface area (Å²) in [6.45, 7) is 0. The van der Waals surface area contributed by atoms with Gasteiger partial charge in [-0.3, -0.25) is 0 Å². The van der Waals surface area contributed by atoms with Gasteiger partial charge in [0.2, 0.25) is 0 Å². The van der Waals surface area contributed by atoms with Crippen LogP contribution in [0, 0.1) is 0 Å². The van der Waals surface area contributed by atoms with E-state index in [4.69, 9.17) is 0 Å². The van der Waals surface area contributed by atoms with Crippen LogP contribution < -0.4 is 20.7 Å². The Bertz CT molecular complexity index is 998. The van der Waals surface area contributed by atoms with Gasteiger partial charge in [-0.2, -0.15) is 0 Å². The molecule has 128 valence electrons. The third-order valence-electron chi connectivity index (χ3n) is 6.45. The van der Waals surface area contributed by atoms with Gasteiger partial charge in [0, 0.05) is 0 Å². The molecule has 0 aromatic heterocycles. The van der Waals surface area contributed by atoms with Gasteiger partial charge in [0.1, 0.15) is 0 Å². The molecule has 0 unspecified atom stereocenters. The van der Waals surface area contributed by atoms with Crippen molar-refractivity contribution in [2.75, 3.05) is 0 Å². The molecule has 1 spiro atoms. The van der Waals surface area contributed by atoms with Gasteiger partial charge in [-0.15, -0.1) is 0 Å². The number of hydrogen-bond donors (Lipinski definition) is 0. The van der Waals surface area contributed by atoms with E-state index >= 15 is 0 Å². The van der Waals surface area contributed by atoms with Crippen LogP contribution in [0.5, 0.6) is 0 Å². The Morgan fingerprint density at radius 1 is 0.370 bits per heavy atom. The second-order valence-corrected chi connectivity index (χ2v) is 11.4. The van der Waals surface area contributed by atoms with E-state index in [9.17, 15) is 0 Å². The van der Waals surface area contributed by atoms with E-state index < -0.39 is 8.07 Å². The van der Waals surface area contributed by atoms with E-state index in [1.807, 2.05) is 0 Å². The average Bonchev–Trinajstić information content (AvgIpc) is 2.73. The molecule has 6 rings (SSSR count). The molecule has 1 heteroatoms. The Kier molecular flexibility index (Phi) is 3.12. The Labute approximate surface area is 161 Å². The summed E-state index contributed by atoms with van der Waals surface area (Å²) in [5.74, 6) is 0. The molecular weight excluding hydrogens is 340 g/mol. The van der Waals surface area contributed by atoms with Crippen molar-refractivity contribution in [3.63, 3.8) is 0 Å². The molecule has 0 fully saturated rings. The predicted molar refractivity (Wildman–Crippen MR) is 116 cm³/mol. The SMILES string of the molecule is c1ccc2c(c1)Cc1ccccc1[Si]21c2ccccc2Cc2ccccc21. The zero-order valence-corrected chi connectivity index (χ0v) is 16.2. The van der Waals surface area contributed by atoms with Crippen molar-refractivity contribution in [2.24, 2.45) is 0 Å². The molecule has 0 N–H and O–H groups in total. The second kappa shape index (κ2) is 5.55. The molecular formula is C26H20Si. The Morgan fingerprint density at radius 3 is 0.926 bits per heavy atom. The maximum atomic E-state index is 2.41. The highest BCUT2D eigenvalue weighted by molar-refractivity contribution is 7.21. The minimum Gasteiger partial charge on any atom is -0.0623 e. The Morgan fingerprint density at radius 2 is 0.630 bits per heavy atom. The van der Waals surface area contributed by atoms with Crippen LogP contribution in [-0.2, 0) is 12.8 Å². The molecule has 0 nitrogen and oxygen atoms in total. The smallest absolute Gasteiger partial charge is 0.0623 e. The lowest BCUT2D eigenvalue weighted by molar-refractivity contribution is 1.18. The van der Waals surface area contributed by atoms with Gasteiger partial charge in [0.15, 0.2) is 8.07 Å². The van der Waals surface area contributed by atoms with Gasteiger partial charge in [-0.05, 0) is 55.8 Å². The fourth-order valence-corrected chi connectivity index (χ4v) is 11.2. The molecule has 2 aliphatic rings. The highest BCUT2D eigenvalue weighted by atomic mass is 28.3. The first-order valence-corrected chi connectivity index (χ1v) is 11.7. The maximum Gasteiger partial charge on any atom is 0.180 e. The zero-order valence-electron chi connectivity index (χ0n) is 15.2. The fourth-order valence-electron chi connectivity index (χ4n) is 5.44. The molecule has 4 aromatic rings. The lowest BCUT2D eigenvalue weighted by Gasteiger charge is -2.44. The van der Waals surface area contributed by atoms with Gasteiger partial charge in [-0.25, -0.2) is 0 Å². The predicted octanol–water partition coefficient (Wildman–Crippen LogP) is 2.87. The minimum absolute atomic E-state index is 1.05. The van der Waals surface area contributed by atoms with Gasteiger partial charge in [-0.1, -0.05) is 97.1 Å². The van der Waals surface area contributed by atoms with E-state index in [0.717, 1.165) is 12.8 Å². The molecule has 0 saturated heterocycles. The summed E-state index contributed by atoms with van der Waals surface area (Å²) in [6, 6.07) is 36.8. The molecule has 4 aromatic carbocycles. The lowest BCUT2D eigenvalue weighted by atomic mass is 10.0. The molecule has 0 atom stereocenters. The highest BCUT2D eigenvalue weighted by Crippen LogP contribution is 2.26. The topological polar surface area (TPSA) is 0 Å². The molecule has 2 heterocycles. The van der Waals surface area contributed by atoms with Crippen molar-refractivity contribution in [2.45, 2.75) is 12.8 Å². The number of benzene rings is 4. The Balaban J connectivity index is 1.85. The summed E-state index contributed by atoms with van der Waals surface area (Å²) in [5.41, 5.74) is 6.03. The molecule has 2 aliphatic heterocycles. The molecule has 0 bridgehead atoms. The van der Waals surface area contributed by atoms with Crippen LogP contribution in [0.4, 0.5) is 0 Å².